The molecule has 0 atom stereocenters. The van der Waals surface area contributed by atoms with Crippen molar-refractivity contribution in [2.75, 3.05) is 0 Å². The summed E-state index contributed by atoms with van der Waals surface area (Å²) < 4.78 is 6.51. The zero-order valence-electron chi connectivity index (χ0n) is 7.96. The van der Waals surface area contributed by atoms with Crippen LogP contribution in [0.5, 0.6) is 0 Å². The summed E-state index contributed by atoms with van der Waals surface area (Å²) in [5, 5.41) is 0. The standard InChI is InChI=1S/C12H11BrO/c1-2-9-8-10(5-6-11(9)13)12-4-3-7-14-12/h3-8H,2H2,1H3. The van der Waals surface area contributed by atoms with Crippen molar-refractivity contribution < 1.29 is 4.42 Å². The fourth-order valence-corrected chi connectivity index (χ4v) is 1.97. The van der Waals surface area contributed by atoms with Crippen molar-refractivity contribution >= 4 is 15.9 Å². The van der Waals surface area contributed by atoms with Gasteiger partial charge in [0.15, 0.2) is 0 Å². The number of hydrogen-bond donors (Lipinski definition) is 0. The molecular weight excluding hydrogens is 240 g/mol. The van der Waals surface area contributed by atoms with E-state index in [4.69, 9.17) is 4.42 Å². The Bertz CT molecular complexity index is 418. The third kappa shape index (κ3) is 1.75. The number of halogens is 1. The minimum Gasteiger partial charge on any atom is -0.464 e. The molecule has 0 spiro atoms. The Balaban J connectivity index is 2.46. The molecule has 0 saturated carbocycles. The second kappa shape index (κ2) is 4.01. The van der Waals surface area contributed by atoms with Gasteiger partial charge in [-0.2, -0.15) is 0 Å². The van der Waals surface area contributed by atoms with Crippen LogP contribution >= 0.6 is 15.9 Å². The van der Waals surface area contributed by atoms with Crippen LogP contribution in [0.4, 0.5) is 0 Å². The van der Waals surface area contributed by atoms with Gasteiger partial charge in [0.2, 0.25) is 0 Å². The lowest BCUT2D eigenvalue weighted by atomic mass is 10.1. The lowest BCUT2D eigenvalue weighted by Crippen LogP contribution is -1.83. The first-order valence-electron chi connectivity index (χ1n) is 4.63. The Hall–Kier alpha value is -1.02. The summed E-state index contributed by atoms with van der Waals surface area (Å²) in [7, 11) is 0. The average Bonchev–Trinajstić information content (AvgIpc) is 2.71. The average molecular weight is 251 g/mol. The Kier molecular flexibility index (Phi) is 2.73. The van der Waals surface area contributed by atoms with E-state index < -0.39 is 0 Å². The lowest BCUT2D eigenvalue weighted by Gasteiger charge is -2.03. The van der Waals surface area contributed by atoms with Crippen LogP contribution in [0.25, 0.3) is 11.3 Å². The van der Waals surface area contributed by atoms with E-state index in [9.17, 15) is 0 Å². The highest BCUT2D eigenvalue weighted by Gasteiger charge is 2.03. The first kappa shape index (κ1) is 9.53. The van der Waals surface area contributed by atoms with Gasteiger partial charge in [-0.25, -0.2) is 0 Å². The summed E-state index contributed by atoms with van der Waals surface area (Å²) in [6, 6.07) is 10.2. The normalized spacial score (nSPS) is 10.4. The number of hydrogen-bond acceptors (Lipinski definition) is 1. The van der Waals surface area contributed by atoms with Gasteiger partial charge < -0.3 is 4.42 Å². The van der Waals surface area contributed by atoms with Crippen LogP contribution in [0, 0.1) is 0 Å². The first-order valence-corrected chi connectivity index (χ1v) is 5.43. The largest absolute Gasteiger partial charge is 0.464 e. The molecule has 0 aliphatic rings. The molecule has 0 amide bonds. The van der Waals surface area contributed by atoms with Crippen LogP contribution in [0.1, 0.15) is 12.5 Å². The summed E-state index contributed by atoms with van der Waals surface area (Å²) in [4.78, 5) is 0. The third-order valence-electron chi connectivity index (χ3n) is 2.23. The minimum absolute atomic E-state index is 0.923. The highest BCUT2D eigenvalue weighted by Crippen LogP contribution is 2.25. The van der Waals surface area contributed by atoms with Crippen molar-refractivity contribution in [1.29, 1.82) is 0 Å². The predicted molar refractivity (Wildman–Crippen MR) is 61.2 cm³/mol. The molecule has 2 heteroatoms. The Labute approximate surface area is 91.9 Å². The molecule has 0 bridgehead atoms. The van der Waals surface area contributed by atoms with E-state index in [1.165, 1.54) is 5.56 Å². The molecule has 1 heterocycles. The van der Waals surface area contributed by atoms with Gasteiger partial charge in [0, 0.05) is 10.0 Å². The first-order chi connectivity index (χ1) is 6.81. The summed E-state index contributed by atoms with van der Waals surface area (Å²) in [5.74, 6) is 0.923. The second-order valence-electron chi connectivity index (χ2n) is 3.14. The van der Waals surface area contributed by atoms with Crippen LogP contribution < -0.4 is 0 Å². The Morgan fingerprint density at radius 2 is 2.14 bits per heavy atom. The summed E-state index contributed by atoms with van der Waals surface area (Å²) in [6.07, 6.45) is 2.72. The van der Waals surface area contributed by atoms with E-state index in [1.54, 1.807) is 6.26 Å². The van der Waals surface area contributed by atoms with E-state index in [0.29, 0.717) is 0 Å². The summed E-state index contributed by atoms with van der Waals surface area (Å²) in [6.45, 7) is 2.14. The quantitative estimate of drug-likeness (QED) is 0.776. The fraction of sp³-hybridized carbons (Fsp3) is 0.167. The van der Waals surface area contributed by atoms with E-state index in [2.05, 4.69) is 41.1 Å². The molecule has 1 nitrogen and oxygen atoms in total. The van der Waals surface area contributed by atoms with E-state index >= 15 is 0 Å². The van der Waals surface area contributed by atoms with Crippen molar-refractivity contribution in [1.82, 2.24) is 0 Å². The highest BCUT2D eigenvalue weighted by molar-refractivity contribution is 9.10. The predicted octanol–water partition coefficient (Wildman–Crippen LogP) is 4.27. The van der Waals surface area contributed by atoms with Gasteiger partial charge >= 0.3 is 0 Å². The molecule has 1 aromatic heterocycles. The SMILES string of the molecule is CCc1cc(-c2ccco2)ccc1Br. The lowest BCUT2D eigenvalue weighted by molar-refractivity contribution is 0.582. The molecular formula is C12H11BrO. The van der Waals surface area contributed by atoms with Crippen LogP contribution in [0.15, 0.2) is 45.5 Å². The molecule has 0 saturated heterocycles. The Morgan fingerprint density at radius 1 is 1.29 bits per heavy atom. The number of aryl methyl sites for hydroxylation is 1. The van der Waals surface area contributed by atoms with Crippen LogP contribution in [-0.4, -0.2) is 0 Å². The minimum atomic E-state index is 0.923. The maximum atomic E-state index is 5.34. The van der Waals surface area contributed by atoms with Gasteiger partial charge in [0.1, 0.15) is 5.76 Å². The van der Waals surface area contributed by atoms with E-state index in [-0.39, 0.29) is 0 Å². The van der Waals surface area contributed by atoms with Crippen molar-refractivity contribution in [3.63, 3.8) is 0 Å². The highest BCUT2D eigenvalue weighted by atomic mass is 79.9. The van der Waals surface area contributed by atoms with E-state index in [1.807, 2.05) is 12.1 Å². The maximum Gasteiger partial charge on any atom is 0.133 e. The molecule has 72 valence electrons. The molecule has 1 aromatic carbocycles. The Morgan fingerprint density at radius 3 is 2.79 bits per heavy atom. The van der Waals surface area contributed by atoms with Crippen LogP contribution in [0.3, 0.4) is 0 Å². The van der Waals surface area contributed by atoms with Gasteiger partial charge in [0.05, 0.1) is 6.26 Å². The topological polar surface area (TPSA) is 13.1 Å². The van der Waals surface area contributed by atoms with Crippen molar-refractivity contribution in [3.05, 3.63) is 46.6 Å². The van der Waals surface area contributed by atoms with Gasteiger partial charge in [-0.15, -0.1) is 0 Å². The zero-order chi connectivity index (χ0) is 9.97. The van der Waals surface area contributed by atoms with Gasteiger partial charge in [-0.05, 0) is 36.2 Å². The smallest absolute Gasteiger partial charge is 0.133 e. The van der Waals surface area contributed by atoms with Crippen molar-refractivity contribution in [2.45, 2.75) is 13.3 Å². The summed E-state index contributed by atoms with van der Waals surface area (Å²) >= 11 is 3.52. The number of rotatable bonds is 2. The van der Waals surface area contributed by atoms with Crippen LogP contribution in [0.2, 0.25) is 0 Å². The molecule has 2 aromatic rings. The monoisotopic (exact) mass is 250 g/mol. The molecule has 0 aliphatic heterocycles. The number of benzene rings is 1. The molecule has 0 N–H and O–H groups in total. The molecule has 2 rings (SSSR count). The molecule has 0 aliphatic carbocycles. The van der Waals surface area contributed by atoms with Crippen molar-refractivity contribution in [2.24, 2.45) is 0 Å². The third-order valence-corrected chi connectivity index (χ3v) is 3.01. The fourth-order valence-electron chi connectivity index (χ4n) is 1.44. The summed E-state index contributed by atoms with van der Waals surface area (Å²) in [5.41, 5.74) is 2.44. The van der Waals surface area contributed by atoms with Gasteiger partial charge in [-0.3, -0.25) is 0 Å². The number of furan rings is 1. The van der Waals surface area contributed by atoms with Gasteiger partial charge in [-0.1, -0.05) is 28.9 Å². The molecule has 14 heavy (non-hydrogen) atoms. The maximum absolute atomic E-state index is 5.34. The second-order valence-corrected chi connectivity index (χ2v) is 3.99. The molecule has 0 unspecified atom stereocenters. The zero-order valence-corrected chi connectivity index (χ0v) is 9.54. The van der Waals surface area contributed by atoms with Crippen LogP contribution in [-0.2, 0) is 6.42 Å². The van der Waals surface area contributed by atoms with E-state index in [0.717, 1.165) is 22.2 Å². The van der Waals surface area contributed by atoms with Crippen molar-refractivity contribution in [3.8, 4) is 11.3 Å². The van der Waals surface area contributed by atoms with Gasteiger partial charge in [0.25, 0.3) is 0 Å². The molecule has 0 fully saturated rings. The molecule has 0 radical (unpaired) electrons.